The van der Waals surface area contributed by atoms with Gasteiger partial charge in [-0.3, -0.25) is 4.79 Å². The van der Waals surface area contributed by atoms with Gasteiger partial charge in [0.2, 0.25) is 0 Å². The number of nitriles is 1. The van der Waals surface area contributed by atoms with Gasteiger partial charge in [-0.05, 0) is 43.7 Å². The number of carbonyl (C=O) groups excluding carboxylic acids is 1. The summed E-state index contributed by atoms with van der Waals surface area (Å²) in [6, 6.07) is 4.78. The molecule has 0 amide bonds. The molecule has 0 N–H and O–H groups in total. The highest BCUT2D eigenvalue weighted by molar-refractivity contribution is 5.80. The van der Waals surface area contributed by atoms with E-state index in [0.717, 1.165) is 39.2 Å². The number of imidazole rings is 1. The van der Waals surface area contributed by atoms with Crippen LogP contribution in [0.4, 0.5) is 17.6 Å². The van der Waals surface area contributed by atoms with Crippen LogP contribution in [0.1, 0.15) is 63.8 Å². The number of carbonyl (C=O) groups is 1. The summed E-state index contributed by atoms with van der Waals surface area (Å²) in [6.07, 6.45) is -1.28. The zero-order chi connectivity index (χ0) is 21.9. The SMILES string of the molecule is CC(C)(CC(=O)CCCc1nc2c(F)cc(C#N)cc2n1C12CC(C1)C2)C(F)(F)F. The number of alkyl halides is 3. The van der Waals surface area contributed by atoms with Crippen LogP contribution in [0.5, 0.6) is 0 Å². The van der Waals surface area contributed by atoms with E-state index >= 15 is 0 Å². The van der Waals surface area contributed by atoms with Gasteiger partial charge >= 0.3 is 6.18 Å². The molecular formula is C22H23F4N3O. The lowest BCUT2D eigenvalue weighted by molar-refractivity contribution is -0.213. The third-order valence-electron chi connectivity index (χ3n) is 6.66. The molecule has 3 fully saturated rings. The number of hydrogen-bond donors (Lipinski definition) is 0. The van der Waals surface area contributed by atoms with E-state index in [1.165, 1.54) is 0 Å². The van der Waals surface area contributed by atoms with Gasteiger partial charge in [-0.15, -0.1) is 0 Å². The summed E-state index contributed by atoms with van der Waals surface area (Å²) in [5.41, 5.74) is -1.14. The van der Waals surface area contributed by atoms with E-state index in [1.807, 2.05) is 10.6 Å². The van der Waals surface area contributed by atoms with Gasteiger partial charge in [-0.2, -0.15) is 18.4 Å². The van der Waals surface area contributed by atoms with Crippen molar-refractivity contribution in [2.75, 3.05) is 0 Å². The lowest BCUT2D eigenvalue weighted by Gasteiger charge is -2.63. The molecule has 0 unspecified atom stereocenters. The Bertz CT molecular complexity index is 1040. The smallest absolute Gasteiger partial charge is 0.322 e. The zero-order valence-corrected chi connectivity index (χ0v) is 16.9. The van der Waals surface area contributed by atoms with Gasteiger partial charge in [0.15, 0.2) is 5.82 Å². The molecule has 3 aliphatic carbocycles. The van der Waals surface area contributed by atoms with Crippen LogP contribution in [0.3, 0.4) is 0 Å². The molecule has 0 saturated heterocycles. The van der Waals surface area contributed by atoms with Crippen molar-refractivity contribution in [3.63, 3.8) is 0 Å². The summed E-state index contributed by atoms with van der Waals surface area (Å²) in [4.78, 5) is 16.6. The first kappa shape index (κ1) is 20.8. The molecule has 160 valence electrons. The molecule has 0 spiro atoms. The molecule has 0 radical (unpaired) electrons. The second-order valence-corrected chi connectivity index (χ2v) is 9.45. The van der Waals surface area contributed by atoms with Crippen LogP contribution in [0.15, 0.2) is 12.1 Å². The quantitative estimate of drug-likeness (QED) is 0.561. The van der Waals surface area contributed by atoms with Crippen molar-refractivity contribution in [3.8, 4) is 6.07 Å². The molecule has 2 bridgehead atoms. The fourth-order valence-corrected chi connectivity index (χ4v) is 4.78. The average Bonchev–Trinajstić information content (AvgIpc) is 2.90. The Morgan fingerprint density at radius 1 is 1.30 bits per heavy atom. The van der Waals surface area contributed by atoms with Crippen molar-refractivity contribution in [3.05, 3.63) is 29.3 Å². The first-order valence-electron chi connectivity index (χ1n) is 10.2. The first-order chi connectivity index (χ1) is 14.0. The van der Waals surface area contributed by atoms with Crippen molar-refractivity contribution in [2.45, 2.75) is 70.5 Å². The van der Waals surface area contributed by atoms with E-state index in [1.54, 1.807) is 6.07 Å². The molecule has 30 heavy (non-hydrogen) atoms. The van der Waals surface area contributed by atoms with Crippen molar-refractivity contribution in [2.24, 2.45) is 11.3 Å². The Morgan fingerprint density at radius 2 is 1.97 bits per heavy atom. The second-order valence-electron chi connectivity index (χ2n) is 9.45. The molecule has 5 rings (SSSR count). The number of benzene rings is 1. The maximum absolute atomic E-state index is 14.5. The Balaban J connectivity index is 1.54. The fourth-order valence-electron chi connectivity index (χ4n) is 4.78. The average molecular weight is 421 g/mol. The predicted octanol–water partition coefficient (Wildman–Crippen LogP) is 5.43. The Labute approximate surface area is 171 Å². The van der Waals surface area contributed by atoms with Crippen molar-refractivity contribution >= 4 is 16.8 Å². The number of ketones is 1. The fraction of sp³-hybridized carbons (Fsp3) is 0.591. The Morgan fingerprint density at radius 3 is 2.50 bits per heavy atom. The number of aryl methyl sites for hydroxylation is 1. The Kier molecular flexibility index (Phi) is 4.72. The van der Waals surface area contributed by atoms with Gasteiger partial charge in [-0.25, -0.2) is 9.37 Å². The summed E-state index contributed by atoms with van der Waals surface area (Å²) in [5, 5.41) is 9.19. The number of hydrogen-bond acceptors (Lipinski definition) is 3. The van der Waals surface area contributed by atoms with Gasteiger partial charge < -0.3 is 4.57 Å². The predicted molar refractivity (Wildman–Crippen MR) is 102 cm³/mol. The zero-order valence-electron chi connectivity index (χ0n) is 16.9. The number of halogens is 4. The third kappa shape index (κ3) is 3.28. The van der Waals surface area contributed by atoms with Crippen LogP contribution >= 0.6 is 0 Å². The van der Waals surface area contributed by atoms with Crippen LogP contribution in [0.2, 0.25) is 0 Å². The molecule has 2 aromatic rings. The van der Waals surface area contributed by atoms with Crippen molar-refractivity contribution in [1.29, 1.82) is 5.26 Å². The maximum Gasteiger partial charge on any atom is 0.394 e. The minimum Gasteiger partial charge on any atom is -0.322 e. The standard InChI is InChI=1S/C22H23F4N3O/c1-20(2,22(24,25)26)11-15(30)4-3-5-18-28-19-16(23)6-13(12-27)7-17(19)29(18)21-8-14(9-21)10-21/h6-7,14H,3-5,8-11H2,1-2H3. The molecule has 3 saturated carbocycles. The van der Waals surface area contributed by atoms with Crippen molar-refractivity contribution in [1.82, 2.24) is 9.55 Å². The normalized spacial score (nSPS) is 23.0. The van der Waals surface area contributed by atoms with Crippen LogP contribution in [-0.2, 0) is 16.8 Å². The van der Waals surface area contributed by atoms with Crippen LogP contribution in [-0.4, -0.2) is 21.5 Å². The van der Waals surface area contributed by atoms with Gasteiger partial charge in [0.1, 0.15) is 17.1 Å². The second kappa shape index (κ2) is 6.79. The number of Topliss-reactive ketones (excluding diaryl/α,β-unsaturated/α-hetero) is 1. The minimum atomic E-state index is -4.43. The van der Waals surface area contributed by atoms with Crippen LogP contribution in [0, 0.1) is 28.5 Å². The molecule has 1 aromatic carbocycles. The minimum absolute atomic E-state index is 0.0181. The van der Waals surface area contributed by atoms with Gasteiger partial charge in [0, 0.05) is 24.8 Å². The van der Waals surface area contributed by atoms with Crippen LogP contribution < -0.4 is 0 Å². The molecule has 1 aromatic heterocycles. The summed E-state index contributed by atoms with van der Waals surface area (Å²) >= 11 is 0. The van der Waals surface area contributed by atoms with E-state index in [-0.39, 0.29) is 23.0 Å². The summed E-state index contributed by atoms with van der Waals surface area (Å²) < 4.78 is 55.6. The third-order valence-corrected chi connectivity index (χ3v) is 6.66. The van der Waals surface area contributed by atoms with E-state index in [9.17, 15) is 27.6 Å². The van der Waals surface area contributed by atoms with Crippen molar-refractivity contribution < 1.29 is 22.4 Å². The number of aromatic nitrogens is 2. The number of fused-ring (bicyclic) bond motifs is 1. The highest BCUT2D eigenvalue weighted by Crippen LogP contribution is 2.63. The summed E-state index contributed by atoms with van der Waals surface area (Å²) in [6.45, 7) is 2.06. The highest BCUT2D eigenvalue weighted by Gasteiger charge is 2.59. The van der Waals surface area contributed by atoms with Gasteiger partial charge in [-0.1, -0.05) is 13.8 Å². The lowest BCUT2D eigenvalue weighted by Crippen LogP contribution is -2.59. The molecule has 0 atom stereocenters. The lowest BCUT2D eigenvalue weighted by atomic mass is 9.49. The van der Waals surface area contributed by atoms with E-state index < -0.39 is 29.6 Å². The summed E-state index contributed by atoms with van der Waals surface area (Å²) in [7, 11) is 0. The first-order valence-corrected chi connectivity index (χ1v) is 10.2. The highest BCUT2D eigenvalue weighted by atomic mass is 19.4. The summed E-state index contributed by atoms with van der Waals surface area (Å²) in [5.74, 6) is 0.313. The van der Waals surface area contributed by atoms with Crippen LogP contribution in [0.25, 0.3) is 11.0 Å². The maximum atomic E-state index is 14.5. The molecular weight excluding hydrogens is 398 g/mol. The monoisotopic (exact) mass is 421 g/mol. The van der Waals surface area contributed by atoms with E-state index in [0.29, 0.717) is 30.1 Å². The van der Waals surface area contributed by atoms with E-state index in [2.05, 4.69) is 4.98 Å². The van der Waals surface area contributed by atoms with E-state index in [4.69, 9.17) is 0 Å². The molecule has 1 heterocycles. The van der Waals surface area contributed by atoms with Gasteiger partial charge in [0.25, 0.3) is 0 Å². The molecule has 8 heteroatoms. The molecule has 4 nitrogen and oxygen atoms in total. The molecule has 3 aliphatic rings. The number of nitrogens with zero attached hydrogens (tertiary/aromatic N) is 3. The topological polar surface area (TPSA) is 58.7 Å². The molecule has 0 aliphatic heterocycles. The van der Waals surface area contributed by atoms with Gasteiger partial charge in [0.05, 0.1) is 22.6 Å². The largest absolute Gasteiger partial charge is 0.394 e. The Hall–Kier alpha value is -2.43. The number of rotatable bonds is 7.